The molecule has 0 aliphatic carbocycles. The number of nitrogens with one attached hydrogen (secondary N) is 1. The lowest BCUT2D eigenvalue weighted by atomic mass is 9.90. The van der Waals surface area contributed by atoms with Crippen LogP contribution < -0.4 is 5.32 Å². The predicted octanol–water partition coefficient (Wildman–Crippen LogP) is 5.01. The molecule has 1 amide bonds. The van der Waals surface area contributed by atoms with Gasteiger partial charge in [-0.05, 0) is 64.2 Å². The monoisotopic (exact) mass is 360 g/mol. The maximum Gasteiger partial charge on any atom is 0.251 e. The fourth-order valence-electron chi connectivity index (χ4n) is 3.41. The summed E-state index contributed by atoms with van der Waals surface area (Å²) in [5.41, 5.74) is 8.29. The minimum atomic E-state index is -0.280. The van der Waals surface area contributed by atoms with E-state index in [1.807, 2.05) is 11.6 Å². The van der Waals surface area contributed by atoms with Crippen LogP contribution in [0, 0.1) is 5.82 Å². The van der Waals surface area contributed by atoms with Crippen LogP contribution >= 0.6 is 11.3 Å². The summed E-state index contributed by atoms with van der Waals surface area (Å²) in [5, 5.41) is 2.87. The van der Waals surface area contributed by atoms with Crippen molar-refractivity contribution in [2.45, 2.75) is 6.54 Å². The summed E-state index contributed by atoms with van der Waals surface area (Å²) in [5.74, 6) is -0.344. The third kappa shape index (κ3) is 2.40. The summed E-state index contributed by atoms with van der Waals surface area (Å²) < 4.78 is 14.5. The van der Waals surface area contributed by atoms with Crippen LogP contribution in [0.25, 0.3) is 32.5 Å². The van der Waals surface area contributed by atoms with Crippen LogP contribution in [-0.2, 0) is 6.54 Å². The second-order valence-corrected chi connectivity index (χ2v) is 7.17. The first-order chi connectivity index (χ1) is 12.7. The van der Waals surface area contributed by atoms with E-state index >= 15 is 0 Å². The topological polar surface area (TPSA) is 42.0 Å². The van der Waals surface area contributed by atoms with Crippen LogP contribution in [0.15, 0.2) is 60.1 Å². The molecule has 1 aromatic heterocycles. The van der Waals surface area contributed by atoms with Gasteiger partial charge in [0.25, 0.3) is 5.91 Å². The number of carbonyl (C=O) groups is 1. The highest BCUT2D eigenvalue weighted by Crippen LogP contribution is 2.37. The summed E-state index contributed by atoms with van der Waals surface area (Å²) in [6.07, 6.45) is 0. The van der Waals surface area contributed by atoms with Crippen LogP contribution in [0.5, 0.6) is 0 Å². The Balaban J connectivity index is 1.77. The van der Waals surface area contributed by atoms with Gasteiger partial charge in [-0.3, -0.25) is 4.79 Å². The molecule has 0 radical (unpaired) electrons. The lowest BCUT2D eigenvalue weighted by molar-refractivity contribution is 0.0966. The SMILES string of the molecule is O=C1NCc2cc(-c3ccc4scnc4c3)c(-c3ccc(F)cc3)cc21. The highest BCUT2D eigenvalue weighted by atomic mass is 32.1. The van der Waals surface area contributed by atoms with Crippen LogP contribution in [-0.4, -0.2) is 10.9 Å². The average Bonchev–Trinajstić information content (AvgIpc) is 3.27. The smallest absolute Gasteiger partial charge is 0.251 e. The number of rotatable bonds is 2. The maximum absolute atomic E-state index is 13.4. The Morgan fingerprint density at radius 1 is 0.923 bits per heavy atom. The number of hydrogen-bond acceptors (Lipinski definition) is 3. The number of thiazole rings is 1. The highest BCUT2D eigenvalue weighted by Gasteiger charge is 2.22. The van der Waals surface area contributed by atoms with Gasteiger partial charge in [0, 0.05) is 12.1 Å². The fourth-order valence-corrected chi connectivity index (χ4v) is 4.06. The molecular weight excluding hydrogens is 347 g/mol. The summed E-state index contributed by atoms with van der Waals surface area (Å²) in [6, 6.07) is 16.5. The Morgan fingerprint density at radius 2 is 1.69 bits per heavy atom. The van der Waals surface area contributed by atoms with Crippen molar-refractivity contribution < 1.29 is 9.18 Å². The van der Waals surface area contributed by atoms with Crippen molar-refractivity contribution in [1.29, 1.82) is 0 Å². The number of benzene rings is 3. The van der Waals surface area contributed by atoms with Crippen molar-refractivity contribution in [1.82, 2.24) is 10.3 Å². The summed E-state index contributed by atoms with van der Waals surface area (Å²) in [4.78, 5) is 16.5. The van der Waals surface area contributed by atoms with Gasteiger partial charge in [0.1, 0.15) is 5.82 Å². The van der Waals surface area contributed by atoms with Gasteiger partial charge < -0.3 is 5.32 Å². The van der Waals surface area contributed by atoms with Crippen LogP contribution in [0.3, 0.4) is 0 Å². The van der Waals surface area contributed by atoms with E-state index in [1.165, 1.54) is 12.1 Å². The zero-order valence-electron chi connectivity index (χ0n) is 13.6. The van der Waals surface area contributed by atoms with Gasteiger partial charge in [0.05, 0.1) is 15.7 Å². The number of amides is 1. The molecule has 4 aromatic rings. The number of fused-ring (bicyclic) bond motifs is 2. The molecule has 1 N–H and O–H groups in total. The Hall–Kier alpha value is -3.05. The molecule has 0 unspecified atom stereocenters. The predicted molar refractivity (Wildman–Crippen MR) is 102 cm³/mol. The Morgan fingerprint density at radius 3 is 2.54 bits per heavy atom. The largest absolute Gasteiger partial charge is 0.348 e. The molecule has 0 fully saturated rings. The van der Waals surface area contributed by atoms with E-state index in [2.05, 4.69) is 34.6 Å². The Labute approximate surface area is 153 Å². The molecule has 0 saturated carbocycles. The van der Waals surface area contributed by atoms with Crippen molar-refractivity contribution in [3.05, 3.63) is 77.1 Å². The lowest BCUT2D eigenvalue weighted by Gasteiger charge is -2.13. The van der Waals surface area contributed by atoms with Crippen LogP contribution in [0.4, 0.5) is 4.39 Å². The van der Waals surface area contributed by atoms with Gasteiger partial charge in [0.15, 0.2) is 0 Å². The molecule has 0 atom stereocenters. The second-order valence-electron chi connectivity index (χ2n) is 6.28. The number of halogens is 1. The molecule has 0 spiro atoms. The van der Waals surface area contributed by atoms with Gasteiger partial charge >= 0.3 is 0 Å². The number of aromatic nitrogens is 1. The Bertz CT molecular complexity index is 1160. The molecule has 1 aliphatic heterocycles. The van der Waals surface area contributed by atoms with Gasteiger partial charge in [-0.1, -0.05) is 18.2 Å². The summed E-state index contributed by atoms with van der Waals surface area (Å²) >= 11 is 1.61. The second kappa shape index (κ2) is 5.75. The third-order valence-corrected chi connectivity index (χ3v) is 5.53. The summed E-state index contributed by atoms with van der Waals surface area (Å²) in [7, 11) is 0. The molecule has 5 rings (SSSR count). The van der Waals surface area contributed by atoms with Crippen molar-refractivity contribution in [2.75, 3.05) is 0 Å². The number of carbonyl (C=O) groups excluding carboxylic acids is 1. The van der Waals surface area contributed by atoms with Crippen molar-refractivity contribution in [2.24, 2.45) is 0 Å². The lowest BCUT2D eigenvalue weighted by Crippen LogP contribution is -2.12. The zero-order valence-corrected chi connectivity index (χ0v) is 14.4. The van der Waals surface area contributed by atoms with Crippen molar-refractivity contribution in [3.8, 4) is 22.3 Å². The molecular formula is C21H13FN2OS. The fraction of sp³-hybridized carbons (Fsp3) is 0.0476. The van der Waals surface area contributed by atoms with E-state index in [-0.39, 0.29) is 11.7 Å². The molecule has 126 valence electrons. The molecule has 3 nitrogen and oxygen atoms in total. The Kier molecular flexibility index (Phi) is 3.36. The minimum Gasteiger partial charge on any atom is -0.348 e. The van der Waals surface area contributed by atoms with Crippen LogP contribution in [0.1, 0.15) is 15.9 Å². The average molecular weight is 360 g/mol. The minimum absolute atomic E-state index is 0.0649. The normalized spacial score (nSPS) is 13.0. The third-order valence-electron chi connectivity index (χ3n) is 4.72. The van der Waals surface area contributed by atoms with Gasteiger partial charge in [-0.25, -0.2) is 9.37 Å². The van der Waals surface area contributed by atoms with E-state index in [1.54, 1.807) is 23.5 Å². The highest BCUT2D eigenvalue weighted by molar-refractivity contribution is 7.16. The van der Waals surface area contributed by atoms with E-state index in [9.17, 15) is 9.18 Å². The molecule has 2 heterocycles. The molecule has 0 saturated heterocycles. The van der Waals surface area contributed by atoms with Crippen LogP contribution in [0.2, 0.25) is 0 Å². The zero-order chi connectivity index (χ0) is 17.7. The van der Waals surface area contributed by atoms with Gasteiger partial charge in [0.2, 0.25) is 0 Å². The van der Waals surface area contributed by atoms with E-state index in [0.717, 1.165) is 38.0 Å². The standard InChI is InChI=1S/C21H13FN2OS/c22-15-4-1-12(2-5-15)17-9-18-14(10-23-21(18)25)7-16(17)13-3-6-20-19(8-13)24-11-26-20/h1-9,11H,10H2,(H,23,25). The maximum atomic E-state index is 13.4. The molecule has 3 aromatic carbocycles. The van der Waals surface area contributed by atoms with E-state index in [4.69, 9.17) is 0 Å². The van der Waals surface area contributed by atoms with Gasteiger partial charge in [-0.2, -0.15) is 0 Å². The number of hydrogen-bond donors (Lipinski definition) is 1. The molecule has 5 heteroatoms. The summed E-state index contributed by atoms with van der Waals surface area (Å²) in [6.45, 7) is 0.532. The molecule has 0 bridgehead atoms. The number of nitrogens with zero attached hydrogens (tertiary/aromatic N) is 1. The van der Waals surface area contributed by atoms with E-state index < -0.39 is 0 Å². The first-order valence-corrected chi connectivity index (χ1v) is 9.12. The van der Waals surface area contributed by atoms with Crippen molar-refractivity contribution >= 4 is 27.5 Å². The molecule has 26 heavy (non-hydrogen) atoms. The van der Waals surface area contributed by atoms with E-state index in [0.29, 0.717) is 12.1 Å². The molecule has 1 aliphatic rings. The first-order valence-electron chi connectivity index (χ1n) is 8.24. The first kappa shape index (κ1) is 15.2. The van der Waals surface area contributed by atoms with Crippen molar-refractivity contribution in [3.63, 3.8) is 0 Å². The van der Waals surface area contributed by atoms with Gasteiger partial charge in [-0.15, -0.1) is 11.3 Å². The quantitative estimate of drug-likeness (QED) is 0.546.